The summed E-state index contributed by atoms with van der Waals surface area (Å²) in [4.78, 5) is 12.6. The molecule has 1 saturated heterocycles. The Morgan fingerprint density at radius 1 is 0.900 bits per heavy atom. The number of hydrogen-bond acceptors (Lipinski definition) is 4. The van der Waals surface area contributed by atoms with Gasteiger partial charge >= 0.3 is 5.97 Å². The lowest BCUT2D eigenvalue weighted by Gasteiger charge is -2.75. The van der Waals surface area contributed by atoms with Crippen molar-refractivity contribution in [1.29, 1.82) is 0 Å². The molecule has 2 bridgehead atoms. The zero-order chi connectivity index (χ0) is 29.0. The molecule has 0 aromatic carbocycles. The number of unbranched alkanes of at least 4 members (excludes halogenated alkanes) is 3. The standard InChI is InChI=1S/C35H58O5/c1-7-8-9-10-12-34-19-17-31(5)25(11-13-33-22-40-35(39,23(33)2)20-24(36)27(31)33)32(34,6)18-16-29(3)14-15-30(4,28(37)38)21-26(29)34/h23-27,36,39H,7-22H2,1-6H3,(H,37,38). The molecule has 0 amide bonds. The largest absolute Gasteiger partial charge is 0.481 e. The van der Waals surface area contributed by atoms with Crippen molar-refractivity contribution in [2.24, 2.45) is 56.2 Å². The molecule has 12 atom stereocenters. The smallest absolute Gasteiger partial charge is 0.309 e. The number of carboxylic acids is 1. The van der Waals surface area contributed by atoms with Crippen LogP contribution in [0.5, 0.6) is 0 Å². The fraction of sp³-hybridized carbons (Fsp3) is 0.971. The van der Waals surface area contributed by atoms with E-state index in [-0.39, 0.29) is 38.9 Å². The molecule has 0 aromatic heterocycles. The second-order valence-corrected chi connectivity index (χ2v) is 17.1. The predicted molar refractivity (Wildman–Crippen MR) is 156 cm³/mol. The van der Waals surface area contributed by atoms with Crippen molar-refractivity contribution in [3.63, 3.8) is 0 Å². The third-order valence-corrected chi connectivity index (χ3v) is 15.7. The maximum absolute atomic E-state index is 12.6. The van der Waals surface area contributed by atoms with Gasteiger partial charge in [-0.15, -0.1) is 0 Å². The third kappa shape index (κ3) is 3.58. The van der Waals surface area contributed by atoms with Crippen LogP contribution in [0.3, 0.4) is 0 Å². The normalized spacial score (nSPS) is 57.0. The molecule has 1 aliphatic heterocycles. The lowest BCUT2D eigenvalue weighted by molar-refractivity contribution is -0.290. The molecule has 1 heterocycles. The van der Waals surface area contributed by atoms with Crippen LogP contribution in [0.25, 0.3) is 0 Å². The van der Waals surface area contributed by atoms with E-state index in [9.17, 15) is 20.1 Å². The first-order valence-electron chi connectivity index (χ1n) is 16.9. The molecule has 5 aliphatic carbocycles. The van der Waals surface area contributed by atoms with Crippen molar-refractivity contribution >= 4 is 5.97 Å². The summed E-state index contributed by atoms with van der Waals surface area (Å²) in [6.07, 6.45) is 15.5. The van der Waals surface area contributed by atoms with Crippen molar-refractivity contribution in [2.75, 3.05) is 6.61 Å². The second-order valence-electron chi connectivity index (χ2n) is 17.1. The van der Waals surface area contributed by atoms with E-state index in [0.717, 1.165) is 44.9 Å². The van der Waals surface area contributed by atoms with Crippen molar-refractivity contribution < 1.29 is 24.9 Å². The zero-order valence-corrected chi connectivity index (χ0v) is 26.4. The van der Waals surface area contributed by atoms with E-state index in [1.165, 1.54) is 44.9 Å². The van der Waals surface area contributed by atoms with Crippen LogP contribution in [-0.2, 0) is 9.53 Å². The van der Waals surface area contributed by atoms with E-state index in [4.69, 9.17) is 4.74 Å². The molecular weight excluding hydrogens is 500 g/mol. The van der Waals surface area contributed by atoms with Gasteiger partial charge in [0, 0.05) is 17.8 Å². The molecule has 5 heteroatoms. The van der Waals surface area contributed by atoms with Crippen LogP contribution in [0.4, 0.5) is 0 Å². The minimum Gasteiger partial charge on any atom is -0.481 e. The molecule has 12 unspecified atom stereocenters. The van der Waals surface area contributed by atoms with Crippen LogP contribution in [0.2, 0.25) is 0 Å². The quantitative estimate of drug-likeness (QED) is 0.293. The molecule has 6 fully saturated rings. The summed E-state index contributed by atoms with van der Waals surface area (Å²) in [5, 5.41) is 33.5. The summed E-state index contributed by atoms with van der Waals surface area (Å²) in [5.41, 5.74) is -0.275. The third-order valence-electron chi connectivity index (χ3n) is 15.7. The van der Waals surface area contributed by atoms with Crippen molar-refractivity contribution in [2.45, 2.75) is 150 Å². The fourth-order valence-corrected chi connectivity index (χ4v) is 13.2. The Morgan fingerprint density at radius 3 is 2.33 bits per heavy atom. The van der Waals surface area contributed by atoms with E-state index in [0.29, 0.717) is 24.9 Å². The Balaban J connectivity index is 1.43. The molecule has 228 valence electrons. The topological polar surface area (TPSA) is 87.0 Å². The molecule has 1 spiro atoms. The molecule has 0 aromatic rings. The Labute approximate surface area is 243 Å². The number of ether oxygens (including phenoxy) is 1. The van der Waals surface area contributed by atoms with Crippen LogP contribution in [0.15, 0.2) is 0 Å². The first-order chi connectivity index (χ1) is 18.7. The molecule has 0 radical (unpaired) electrons. The van der Waals surface area contributed by atoms with E-state index >= 15 is 0 Å². The predicted octanol–water partition coefficient (Wildman–Crippen LogP) is 7.57. The number of rotatable bonds is 6. The van der Waals surface area contributed by atoms with Gasteiger partial charge in [-0.25, -0.2) is 0 Å². The summed E-state index contributed by atoms with van der Waals surface area (Å²) in [6, 6.07) is 0. The maximum atomic E-state index is 12.6. The summed E-state index contributed by atoms with van der Waals surface area (Å²) in [6.45, 7) is 14.7. The molecule has 40 heavy (non-hydrogen) atoms. The minimum atomic E-state index is -1.18. The van der Waals surface area contributed by atoms with Gasteiger partial charge < -0.3 is 20.1 Å². The van der Waals surface area contributed by atoms with E-state index < -0.39 is 23.3 Å². The molecule has 5 nitrogen and oxygen atoms in total. The lowest BCUT2D eigenvalue weighted by atomic mass is 9.29. The van der Waals surface area contributed by atoms with Crippen molar-refractivity contribution in [3.05, 3.63) is 0 Å². The van der Waals surface area contributed by atoms with Crippen LogP contribution in [0.1, 0.15) is 138 Å². The molecule has 3 N–H and O–H groups in total. The zero-order valence-electron chi connectivity index (χ0n) is 26.4. The summed E-state index contributed by atoms with van der Waals surface area (Å²) < 4.78 is 6.13. The summed E-state index contributed by atoms with van der Waals surface area (Å²) >= 11 is 0. The van der Waals surface area contributed by atoms with E-state index in [2.05, 4.69) is 34.6 Å². The van der Waals surface area contributed by atoms with Crippen LogP contribution >= 0.6 is 0 Å². The van der Waals surface area contributed by atoms with Gasteiger partial charge in [-0.2, -0.15) is 0 Å². The van der Waals surface area contributed by atoms with E-state index in [1.807, 2.05) is 6.92 Å². The Hall–Kier alpha value is -0.650. The molecule has 6 aliphatic rings. The Kier molecular flexibility index (Phi) is 6.75. The molecule has 6 rings (SSSR count). The molecule has 5 saturated carbocycles. The van der Waals surface area contributed by atoms with Crippen LogP contribution in [0, 0.1) is 56.2 Å². The monoisotopic (exact) mass is 558 g/mol. The maximum Gasteiger partial charge on any atom is 0.309 e. The average Bonchev–Trinajstić information content (AvgIpc) is 3.04. The van der Waals surface area contributed by atoms with Gasteiger partial charge in [0.2, 0.25) is 0 Å². The number of aliphatic carboxylic acids is 1. The molecular formula is C35H58O5. The van der Waals surface area contributed by atoms with Gasteiger partial charge in [0.15, 0.2) is 5.79 Å². The number of aliphatic hydroxyl groups is 2. The Morgan fingerprint density at radius 2 is 1.62 bits per heavy atom. The highest BCUT2D eigenvalue weighted by Crippen LogP contribution is 2.80. The minimum absolute atomic E-state index is 0.00113. The van der Waals surface area contributed by atoms with Crippen LogP contribution < -0.4 is 0 Å². The van der Waals surface area contributed by atoms with Gasteiger partial charge in [0.05, 0.1) is 18.1 Å². The highest BCUT2D eigenvalue weighted by molar-refractivity contribution is 5.74. The first kappa shape index (κ1) is 29.4. The fourth-order valence-electron chi connectivity index (χ4n) is 13.2. The highest BCUT2D eigenvalue weighted by atomic mass is 16.6. The SMILES string of the molecule is CCCCCCC12CCC3(C)C4C(O)CC5(O)OCC4(CCC3C1(C)CCC1(C)CCC(C)(C(=O)O)CC12)C5C. The summed E-state index contributed by atoms with van der Waals surface area (Å²) in [7, 11) is 0. The highest BCUT2D eigenvalue weighted by Gasteiger charge is 2.76. The van der Waals surface area contributed by atoms with Crippen LogP contribution in [-0.4, -0.2) is 39.8 Å². The summed E-state index contributed by atoms with van der Waals surface area (Å²) in [5.74, 6) is -0.648. The number of hydrogen-bond donors (Lipinski definition) is 3. The second kappa shape index (κ2) is 9.18. The van der Waals surface area contributed by atoms with Crippen molar-refractivity contribution in [3.8, 4) is 0 Å². The van der Waals surface area contributed by atoms with E-state index in [1.54, 1.807) is 0 Å². The first-order valence-corrected chi connectivity index (χ1v) is 16.9. The number of fused-ring (bicyclic) bond motifs is 7. The Bertz CT molecular complexity index is 1030. The number of carboxylic acid groups (broad SMARTS) is 1. The van der Waals surface area contributed by atoms with Gasteiger partial charge in [-0.05, 0) is 111 Å². The van der Waals surface area contributed by atoms with Gasteiger partial charge in [0.25, 0.3) is 0 Å². The number of aliphatic hydroxyl groups excluding tert-OH is 1. The van der Waals surface area contributed by atoms with Crippen molar-refractivity contribution in [1.82, 2.24) is 0 Å². The lowest BCUT2D eigenvalue weighted by Crippen LogP contribution is -2.70. The average molecular weight is 559 g/mol. The van der Waals surface area contributed by atoms with Gasteiger partial charge in [0.1, 0.15) is 0 Å². The number of carbonyl (C=O) groups is 1. The van der Waals surface area contributed by atoms with Gasteiger partial charge in [-0.3, -0.25) is 4.79 Å². The van der Waals surface area contributed by atoms with Gasteiger partial charge in [-0.1, -0.05) is 60.3 Å².